The van der Waals surface area contributed by atoms with Gasteiger partial charge in [-0.15, -0.1) is 0 Å². The maximum absolute atomic E-state index is 13.2. The number of hydrogen-bond acceptors (Lipinski definition) is 4. The van der Waals surface area contributed by atoms with Crippen LogP contribution in [-0.2, 0) is 4.79 Å². The third-order valence-electron chi connectivity index (χ3n) is 1.66. The minimum Gasteiger partial charge on any atom is -0.480 e. The van der Waals surface area contributed by atoms with E-state index >= 15 is 0 Å². The Labute approximate surface area is 97.4 Å². The second-order valence-corrected chi connectivity index (χ2v) is 3.64. The van der Waals surface area contributed by atoms with E-state index in [2.05, 4.69) is 21.2 Å². The van der Waals surface area contributed by atoms with Crippen LogP contribution >= 0.6 is 15.9 Å². The Morgan fingerprint density at radius 3 is 2.75 bits per heavy atom. The average molecular weight is 293 g/mol. The van der Waals surface area contributed by atoms with Crippen molar-refractivity contribution in [2.45, 2.75) is 0 Å². The molecule has 0 aliphatic heterocycles. The van der Waals surface area contributed by atoms with Crippen molar-refractivity contribution in [1.29, 1.82) is 0 Å². The zero-order valence-electron chi connectivity index (χ0n) is 7.74. The van der Waals surface area contributed by atoms with Crippen LogP contribution in [0.2, 0.25) is 0 Å². The first kappa shape index (κ1) is 12.4. The summed E-state index contributed by atoms with van der Waals surface area (Å²) in [4.78, 5) is 19.8. The average Bonchev–Trinajstić information content (AvgIpc) is 2.18. The molecule has 0 radical (unpaired) electrons. The van der Waals surface area contributed by atoms with Gasteiger partial charge < -0.3 is 10.4 Å². The van der Waals surface area contributed by atoms with Crippen LogP contribution in [0.25, 0.3) is 0 Å². The molecule has 0 aromatic heterocycles. The zero-order valence-corrected chi connectivity index (χ0v) is 9.32. The lowest BCUT2D eigenvalue weighted by molar-refractivity contribution is -0.387. The second kappa shape index (κ2) is 4.88. The topological polar surface area (TPSA) is 92.5 Å². The van der Waals surface area contributed by atoms with Crippen LogP contribution in [0.3, 0.4) is 0 Å². The van der Waals surface area contributed by atoms with Crippen molar-refractivity contribution < 1.29 is 19.2 Å². The van der Waals surface area contributed by atoms with Crippen LogP contribution in [0.5, 0.6) is 0 Å². The lowest BCUT2D eigenvalue weighted by Gasteiger charge is -2.06. The highest BCUT2D eigenvalue weighted by atomic mass is 79.9. The molecule has 0 saturated carbocycles. The Kier molecular flexibility index (Phi) is 3.78. The third kappa shape index (κ3) is 2.89. The maximum Gasteiger partial charge on any atom is 0.322 e. The first-order valence-corrected chi connectivity index (χ1v) is 4.80. The zero-order chi connectivity index (χ0) is 12.3. The minimum absolute atomic E-state index is 0.144. The quantitative estimate of drug-likeness (QED) is 0.654. The number of carboxylic acids is 1. The van der Waals surface area contributed by atoms with Crippen molar-refractivity contribution in [3.8, 4) is 0 Å². The molecule has 0 aliphatic carbocycles. The van der Waals surface area contributed by atoms with E-state index < -0.39 is 28.9 Å². The fourth-order valence-corrected chi connectivity index (χ4v) is 1.45. The molecule has 0 spiro atoms. The number of aliphatic carboxylic acids is 1. The molecule has 0 heterocycles. The maximum atomic E-state index is 13.2. The monoisotopic (exact) mass is 292 g/mol. The smallest absolute Gasteiger partial charge is 0.322 e. The van der Waals surface area contributed by atoms with Crippen LogP contribution in [0.1, 0.15) is 0 Å². The molecule has 0 unspecified atom stereocenters. The summed E-state index contributed by atoms with van der Waals surface area (Å²) in [6, 6.07) is 1.84. The lowest BCUT2D eigenvalue weighted by atomic mass is 10.2. The molecule has 8 heteroatoms. The molecule has 2 N–H and O–H groups in total. The molecule has 16 heavy (non-hydrogen) atoms. The Morgan fingerprint density at radius 1 is 1.62 bits per heavy atom. The molecule has 1 aromatic carbocycles. The van der Waals surface area contributed by atoms with Crippen molar-refractivity contribution in [3.63, 3.8) is 0 Å². The first-order valence-electron chi connectivity index (χ1n) is 4.01. The Morgan fingerprint density at radius 2 is 2.25 bits per heavy atom. The van der Waals surface area contributed by atoms with Gasteiger partial charge in [0.15, 0.2) is 0 Å². The SMILES string of the molecule is O=C(O)CNc1cc(F)c([N+](=O)[O-])cc1Br. The highest BCUT2D eigenvalue weighted by Gasteiger charge is 2.17. The third-order valence-corrected chi connectivity index (χ3v) is 2.32. The van der Waals surface area contributed by atoms with Gasteiger partial charge in [0.2, 0.25) is 5.82 Å². The van der Waals surface area contributed by atoms with Gasteiger partial charge >= 0.3 is 11.7 Å². The fourth-order valence-electron chi connectivity index (χ4n) is 0.983. The van der Waals surface area contributed by atoms with E-state index in [1.54, 1.807) is 0 Å². The number of carbonyl (C=O) groups is 1. The molecule has 0 atom stereocenters. The van der Waals surface area contributed by atoms with Crippen molar-refractivity contribution in [3.05, 3.63) is 32.5 Å². The van der Waals surface area contributed by atoms with Gasteiger partial charge in [-0.05, 0) is 15.9 Å². The number of nitrogens with one attached hydrogen (secondary N) is 1. The van der Waals surface area contributed by atoms with Gasteiger partial charge in [0, 0.05) is 16.6 Å². The molecule has 86 valence electrons. The summed E-state index contributed by atoms with van der Waals surface area (Å²) in [6.07, 6.45) is 0. The molecule has 0 fully saturated rings. The number of halogens is 2. The standard InChI is InChI=1S/C8H6BrFN2O4/c9-4-1-7(12(15)16)5(10)2-6(4)11-3-8(13)14/h1-2,11H,3H2,(H,13,14). The van der Waals surface area contributed by atoms with Gasteiger partial charge in [0.1, 0.15) is 6.54 Å². The van der Waals surface area contributed by atoms with E-state index in [9.17, 15) is 19.3 Å². The first-order chi connectivity index (χ1) is 7.41. The van der Waals surface area contributed by atoms with Crippen LogP contribution in [0, 0.1) is 15.9 Å². The summed E-state index contributed by atoms with van der Waals surface area (Å²) >= 11 is 2.97. The number of hydrogen-bond donors (Lipinski definition) is 2. The van der Waals surface area contributed by atoms with Gasteiger partial charge in [-0.1, -0.05) is 0 Å². The van der Waals surface area contributed by atoms with E-state index in [0.717, 1.165) is 12.1 Å². The lowest BCUT2D eigenvalue weighted by Crippen LogP contribution is -2.12. The largest absolute Gasteiger partial charge is 0.480 e. The van der Waals surface area contributed by atoms with Crippen LogP contribution < -0.4 is 5.32 Å². The molecule has 1 rings (SSSR count). The fraction of sp³-hybridized carbons (Fsp3) is 0.125. The van der Waals surface area contributed by atoms with E-state index in [1.165, 1.54) is 0 Å². The van der Waals surface area contributed by atoms with E-state index in [4.69, 9.17) is 5.11 Å². The molecular weight excluding hydrogens is 287 g/mol. The van der Waals surface area contributed by atoms with Gasteiger partial charge in [0.05, 0.1) is 10.6 Å². The van der Waals surface area contributed by atoms with Crippen molar-refractivity contribution in [2.75, 3.05) is 11.9 Å². The van der Waals surface area contributed by atoms with Crippen molar-refractivity contribution in [2.24, 2.45) is 0 Å². The molecule has 0 bridgehead atoms. The Bertz CT molecular complexity index is 452. The summed E-state index contributed by atoms with van der Waals surface area (Å²) in [5.41, 5.74) is -0.529. The minimum atomic E-state index is -1.12. The molecule has 1 aromatic rings. The second-order valence-electron chi connectivity index (χ2n) is 2.79. The highest BCUT2D eigenvalue weighted by molar-refractivity contribution is 9.10. The number of benzene rings is 1. The van der Waals surface area contributed by atoms with Crippen LogP contribution in [0.4, 0.5) is 15.8 Å². The summed E-state index contributed by atoms with van der Waals surface area (Å²) in [5.74, 6) is -2.15. The normalized spacial score (nSPS) is 9.88. The highest BCUT2D eigenvalue weighted by Crippen LogP contribution is 2.29. The number of carboxylic acid groups (broad SMARTS) is 1. The molecule has 0 amide bonds. The van der Waals surface area contributed by atoms with Crippen LogP contribution in [0.15, 0.2) is 16.6 Å². The van der Waals surface area contributed by atoms with Crippen molar-refractivity contribution in [1.82, 2.24) is 0 Å². The van der Waals surface area contributed by atoms with E-state index in [1.807, 2.05) is 0 Å². The number of nitrogens with zero attached hydrogens (tertiary/aromatic N) is 1. The van der Waals surface area contributed by atoms with Gasteiger partial charge in [0.25, 0.3) is 0 Å². The molecule has 0 saturated heterocycles. The van der Waals surface area contributed by atoms with Crippen LogP contribution in [-0.4, -0.2) is 22.5 Å². The van der Waals surface area contributed by atoms with Gasteiger partial charge in [-0.3, -0.25) is 14.9 Å². The summed E-state index contributed by atoms with van der Waals surface area (Å²) in [5, 5.41) is 21.2. The van der Waals surface area contributed by atoms with Gasteiger partial charge in [-0.25, -0.2) is 0 Å². The summed E-state index contributed by atoms with van der Waals surface area (Å²) < 4.78 is 13.4. The number of nitro benzene ring substituents is 1. The molecule has 0 aliphatic rings. The molecule has 6 nitrogen and oxygen atoms in total. The Balaban J connectivity index is 3.01. The number of anilines is 1. The molecular formula is C8H6BrFN2O4. The number of nitro groups is 1. The number of rotatable bonds is 4. The predicted molar refractivity (Wildman–Crippen MR) is 56.9 cm³/mol. The van der Waals surface area contributed by atoms with E-state index in [0.29, 0.717) is 0 Å². The summed E-state index contributed by atoms with van der Waals surface area (Å²) in [7, 11) is 0. The summed E-state index contributed by atoms with van der Waals surface area (Å²) in [6.45, 7) is -0.407. The Hall–Kier alpha value is -1.70. The predicted octanol–water partition coefficient (Wildman–Crippen LogP) is 1.99. The van der Waals surface area contributed by atoms with E-state index in [-0.39, 0.29) is 10.2 Å². The van der Waals surface area contributed by atoms with Gasteiger partial charge in [-0.2, -0.15) is 4.39 Å². The van der Waals surface area contributed by atoms with Crippen molar-refractivity contribution >= 4 is 33.3 Å².